The Kier molecular flexibility index (Phi) is 3.48. The van der Waals surface area contributed by atoms with E-state index in [1.165, 1.54) is 16.4 Å². The average molecular weight is 280 g/mol. The number of nitrogens with zero attached hydrogens (tertiary/aromatic N) is 3. The molecule has 2 unspecified atom stereocenters. The van der Waals surface area contributed by atoms with Gasteiger partial charge in [0.1, 0.15) is 0 Å². The third-order valence-corrected chi connectivity index (χ3v) is 4.67. The number of aromatic nitrogens is 3. The van der Waals surface area contributed by atoms with Crippen LogP contribution in [-0.2, 0) is 0 Å². The van der Waals surface area contributed by atoms with E-state index in [0.717, 1.165) is 25.7 Å². The van der Waals surface area contributed by atoms with Gasteiger partial charge >= 0.3 is 0 Å². The maximum Gasteiger partial charge on any atom is 0.218 e. The lowest BCUT2D eigenvalue weighted by molar-refractivity contribution is 0.137. The van der Waals surface area contributed by atoms with Crippen LogP contribution in [0.15, 0.2) is 28.0 Å². The molecule has 3 N–H and O–H groups in total. The highest BCUT2D eigenvalue weighted by Gasteiger charge is 2.26. The van der Waals surface area contributed by atoms with Crippen molar-refractivity contribution in [1.29, 1.82) is 0 Å². The lowest BCUT2D eigenvalue weighted by Crippen LogP contribution is -2.27. The lowest BCUT2D eigenvalue weighted by atomic mass is 9.97. The maximum absolute atomic E-state index is 9.97. The Labute approximate surface area is 115 Å². The summed E-state index contributed by atoms with van der Waals surface area (Å²) in [4.78, 5) is 0. The summed E-state index contributed by atoms with van der Waals surface area (Å²) < 4.78 is 6.68. The second kappa shape index (κ2) is 5.26. The highest BCUT2D eigenvalue weighted by molar-refractivity contribution is 7.99. The van der Waals surface area contributed by atoms with Crippen molar-refractivity contribution in [2.24, 2.45) is 0 Å². The standard InChI is InChI=1S/C12H16N4O2S/c13-16-11(9-5-3-7-18-9)14-15-12(16)19-10-6-2-1-4-8(10)17/h3,5,7-8,10,17H,1-2,4,6,13H2. The van der Waals surface area contributed by atoms with Crippen molar-refractivity contribution in [3.63, 3.8) is 0 Å². The van der Waals surface area contributed by atoms with Crippen molar-refractivity contribution < 1.29 is 9.52 Å². The van der Waals surface area contributed by atoms with E-state index in [-0.39, 0.29) is 11.4 Å². The van der Waals surface area contributed by atoms with Gasteiger partial charge in [0, 0.05) is 5.25 Å². The second-order valence-corrected chi connectivity index (χ2v) is 5.87. The summed E-state index contributed by atoms with van der Waals surface area (Å²) in [6, 6.07) is 3.57. The van der Waals surface area contributed by atoms with Crippen LogP contribution in [0.25, 0.3) is 11.6 Å². The van der Waals surface area contributed by atoms with Gasteiger partial charge in [0.2, 0.25) is 11.0 Å². The Hall–Kier alpha value is -1.47. The van der Waals surface area contributed by atoms with Crippen molar-refractivity contribution in [3.05, 3.63) is 18.4 Å². The van der Waals surface area contributed by atoms with E-state index in [0.29, 0.717) is 16.7 Å². The smallest absolute Gasteiger partial charge is 0.218 e. The van der Waals surface area contributed by atoms with Crippen LogP contribution in [-0.4, -0.2) is 31.3 Å². The van der Waals surface area contributed by atoms with Crippen LogP contribution in [0.2, 0.25) is 0 Å². The fraction of sp³-hybridized carbons (Fsp3) is 0.500. The molecule has 2 aromatic rings. The number of aliphatic hydroxyl groups is 1. The van der Waals surface area contributed by atoms with E-state index >= 15 is 0 Å². The molecule has 7 heteroatoms. The van der Waals surface area contributed by atoms with Crippen LogP contribution in [0.1, 0.15) is 25.7 Å². The Morgan fingerprint density at radius 2 is 2.21 bits per heavy atom. The van der Waals surface area contributed by atoms with Gasteiger partial charge in [0.05, 0.1) is 12.4 Å². The molecule has 3 rings (SSSR count). The number of furan rings is 1. The van der Waals surface area contributed by atoms with Gasteiger partial charge in [0.25, 0.3) is 0 Å². The summed E-state index contributed by atoms with van der Waals surface area (Å²) in [5.74, 6) is 7.07. The third kappa shape index (κ3) is 2.48. The van der Waals surface area contributed by atoms with Crippen LogP contribution in [0.4, 0.5) is 0 Å². The van der Waals surface area contributed by atoms with E-state index in [1.807, 2.05) is 0 Å². The molecule has 1 fully saturated rings. The quantitative estimate of drug-likeness (QED) is 0.831. The molecule has 0 bridgehead atoms. The van der Waals surface area contributed by atoms with E-state index in [9.17, 15) is 5.11 Å². The number of aliphatic hydroxyl groups excluding tert-OH is 1. The topological polar surface area (TPSA) is 90.1 Å². The van der Waals surface area contributed by atoms with Gasteiger partial charge in [-0.05, 0) is 25.0 Å². The molecular weight excluding hydrogens is 264 g/mol. The largest absolute Gasteiger partial charge is 0.461 e. The molecule has 0 aliphatic heterocycles. The normalized spacial score (nSPS) is 23.6. The fourth-order valence-corrected chi connectivity index (χ4v) is 3.42. The van der Waals surface area contributed by atoms with Gasteiger partial charge in [-0.3, -0.25) is 0 Å². The van der Waals surface area contributed by atoms with Gasteiger partial charge in [-0.25, -0.2) is 4.68 Å². The summed E-state index contributed by atoms with van der Waals surface area (Å²) in [5, 5.41) is 18.8. The highest BCUT2D eigenvalue weighted by Crippen LogP contribution is 2.33. The van der Waals surface area contributed by atoms with Gasteiger partial charge in [-0.1, -0.05) is 24.6 Å². The molecule has 0 saturated heterocycles. The summed E-state index contributed by atoms with van der Waals surface area (Å²) >= 11 is 1.49. The van der Waals surface area contributed by atoms with E-state index < -0.39 is 0 Å². The highest BCUT2D eigenvalue weighted by atomic mass is 32.2. The predicted molar refractivity (Wildman–Crippen MR) is 72.0 cm³/mol. The number of nitrogen functional groups attached to an aromatic ring is 1. The zero-order valence-corrected chi connectivity index (χ0v) is 11.2. The lowest BCUT2D eigenvalue weighted by Gasteiger charge is -2.26. The first-order valence-corrected chi connectivity index (χ1v) is 7.23. The summed E-state index contributed by atoms with van der Waals surface area (Å²) in [6.07, 6.45) is 5.34. The molecule has 2 aromatic heterocycles. The first-order valence-electron chi connectivity index (χ1n) is 6.35. The predicted octanol–water partition coefficient (Wildman–Crippen LogP) is 1.65. The van der Waals surface area contributed by atoms with Crippen molar-refractivity contribution in [2.75, 3.05) is 5.84 Å². The van der Waals surface area contributed by atoms with Crippen molar-refractivity contribution >= 4 is 11.8 Å². The van der Waals surface area contributed by atoms with Crippen LogP contribution < -0.4 is 5.84 Å². The Morgan fingerprint density at radius 3 is 2.95 bits per heavy atom. The van der Waals surface area contributed by atoms with Crippen molar-refractivity contribution in [3.8, 4) is 11.6 Å². The number of hydrogen-bond donors (Lipinski definition) is 2. The van der Waals surface area contributed by atoms with Gasteiger partial charge in [-0.2, -0.15) is 0 Å². The summed E-state index contributed by atoms with van der Waals surface area (Å²) in [5.41, 5.74) is 0. The van der Waals surface area contributed by atoms with Gasteiger partial charge in [0.15, 0.2) is 5.76 Å². The fourth-order valence-electron chi connectivity index (χ4n) is 2.28. The molecule has 6 nitrogen and oxygen atoms in total. The minimum Gasteiger partial charge on any atom is -0.461 e. The maximum atomic E-state index is 9.97. The summed E-state index contributed by atoms with van der Waals surface area (Å²) in [7, 11) is 0. The van der Waals surface area contributed by atoms with Crippen molar-refractivity contribution in [2.45, 2.75) is 42.2 Å². The van der Waals surface area contributed by atoms with E-state index in [1.54, 1.807) is 18.4 Å². The molecule has 102 valence electrons. The SMILES string of the molecule is Nn1c(SC2CCCCC2O)nnc1-c1ccco1. The molecule has 2 heterocycles. The molecule has 2 atom stereocenters. The molecular formula is C12H16N4O2S. The Balaban J connectivity index is 1.79. The average Bonchev–Trinajstić information content (AvgIpc) is 3.03. The third-order valence-electron chi connectivity index (χ3n) is 3.33. The van der Waals surface area contributed by atoms with Crippen LogP contribution in [0.5, 0.6) is 0 Å². The zero-order valence-electron chi connectivity index (χ0n) is 10.4. The van der Waals surface area contributed by atoms with Crippen LogP contribution in [0, 0.1) is 0 Å². The number of hydrogen-bond acceptors (Lipinski definition) is 6. The Morgan fingerprint density at radius 1 is 1.37 bits per heavy atom. The monoisotopic (exact) mass is 280 g/mol. The molecule has 0 spiro atoms. The van der Waals surface area contributed by atoms with Gasteiger partial charge in [-0.15, -0.1) is 10.2 Å². The van der Waals surface area contributed by atoms with E-state index in [2.05, 4.69) is 10.2 Å². The summed E-state index contributed by atoms with van der Waals surface area (Å²) in [6.45, 7) is 0. The number of rotatable bonds is 3. The second-order valence-electron chi connectivity index (χ2n) is 4.66. The van der Waals surface area contributed by atoms with Gasteiger partial charge < -0.3 is 15.4 Å². The number of nitrogens with two attached hydrogens (primary N) is 1. The minimum atomic E-state index is -0.289. The van der Waals surface area contributed by atoms with Crippen LogP contribution >= 0.6 is 11.8 Å². The van der Waals surface area contributed by atoms with Crippen molar-refractivity contribution in [1.82, 2.24) is 14.9 Å². The molecule has 19 heavy (non-hydrogen) atoms. The molecule has 1 aliphatic rings. The molecule has 0 radical (unpaired) electrons. The molecule has 1 aliphatic carbocycles. The first-order chi connectivity index (χ1) is 9.25. The minimum absolute atomic E-state index is 0.143. The van der Waals surface area contributed by atoms with E-state index in [4.69, 9.17) is 10.3 Å². The zero-order chi connectivity index (χ0) is 13.2. The molecule has 0 aromatic carbocycles. The first kappa shape index (κ1) is 12.6. The Bertz CT molecular complexity index is 540. The molecule has 1 saturated carbocycles. The van der Waals surface area contributed by atoms with Crippen LogP contribution in [0.3, 0.4) is 0 Å². The number of thioether (sulfide) groups is 1. The molecule has 0 amide bonds.